The van der Waals surface area contributed by atoms with E-state index in [1.54, 1.807) is 19.2 Å². The van der Waals surface area contributed by atoms with Crippen LogP contribution < -0.4 is 0 Å². The molecule has 5 nitrogen and oxygen atoms in total. The third-order valence-electron chi connectivity index (χ3n) is 2.67. The van der Waals surface area contributed by atoms with Gasteiger partial charge in [0.25, 0.3) is 5.89 Å². The van der Waals surface area contributed by atoms with Crippen molar-refractivity contribution in [2.45, 2.75) is 19.4 Å². The van der Waals surface area contributed by atoms with E-state index in [0.29, 0.717) is 17.3 Å². The van der Waals surface area contributed by atoms with Crippen LogP contribution in [-0.4, -0.2) is 22.4 Å². The van der Waals surface area contributed by atoms with Crippen LogP contribution >= 0.6 is 11.6 Å². The number of methoxy groups -OCH3 is 1. The lowest BCUT2D eigenvalue weighted by atomic mass is 10.1. The minimum absolute atomic E-state index is 0.0115. The third-order valence-corrected chi connectivity index (χ3v) is 2.97. The van der Waals surface area contributed by atoms with E-state index in [0.717, 1.165) is 0 Å². The number of nitrogens with zero attached hydrogens (tertiary/aromatic N) is 2. The Morgan fingerprint density at radius 3 is 2.72 bits per heavy atom. The van der Waals surface area contributed by atoms with Crippen molar-refractivity contribution in [1.82, 2.24) is 10.1 Å². The van der Waals surface area contributed by atoms with Gasteiger partial charge < -0.3 is 14.4 Å². The van der Waals surface area contributed by atoms with Gasteiger partial charge in [-0.25, -0.2) is 0 Å². The van der Waals surface area contributed by atoms with Gasteiger partial charge in [-0.1, -0.05) is 16.8 Å². The predicted octanol–water partition coefficient (Wildman–Crippen LogP) is 2.98. The van der Waals surface area contributed by atoms with Crippen LogP contribution in [0.3, 0.4) is 0 Å². The second kappa shape index (κ2) is 4.59. The Balaban J connectivity index is 2.38. The van der Waals surface area contributed by atoms with Gasteiger partial charge >= 0.3 is 0 Å². The molecule has 0 aliphatic heterocycles. The topological polar surface area (TPSA) is 68.4 Å². The lowest BCUT2D eigenvalue weighted by Gasteiger charge is -2.17. The van der Waals surface area contributed by atoms with Crippen LogP contribution in [0.4, 0.5) is 0 Å². The minimum Gasteiger partial charge on any atom is -0.506 e. The highest BCUT2D eigenvalue weighted by Crippen LogP contribution is 2.30. The highest BCUT2D eigenvalue weighted by molar-refractivity contribution is 6.32. The molecule has 0 unspecified atom stereocenters. The molecule has 0 fully saturated rings. The number of halogens is 1. The van der Waals surface area contributed by atoms with Gasteiger partial charge in [-0.05, 0) is 32.0 Å². The second-order valence-electron chi connectivity index (χ2n) is 4.30. The summed E-state index contributed by atoms with van der Waals surface area (Å²) in [5.41, 5.74) is 0.0195. The summed E-state index contributed by atoms with van der Waals surface area (Å²) in [4.78, 5) is 4.25. The highest BCUT2D eigenvalue weighted by Gasteiger charge is 2.26. The summed E-state index contributed by atoms with van der Waals surface area (Å²) in [5.74, 6) is 0.790. The molecule has 96 valence electrons. The van der Waals surface area contributed by atoms with E-state index in [1.165, 1.54) is 6.07 Å². The van der Waals surface area contributed by atoms with E-state index in [9.17, 15) is 5.11 Å². The molecule has 2 rings (SSSR count). The number of aromatic nitrogens is 2. The van der Waals surface area contributed by atoms with Crippen molar-refractivity contribution in [3.63, 3.8) is 0 Å². The number of ether oxygens (including phenoxy) is 1. The summed E-state index contributed by atoms with van der Waals surface area (Å²) in [5, 5.41) is 13.4. The Morgan fingerprint density at radius 1 is 1.39 bits per heavy atom. The molecular formula is C12H13ClN2O3. The van der Waals surface area contributed by atoms with Crippen LogP contribution in [0.2, 0.25) is 5.02 Å². The Kier molecular flexibility index (Phi) is 3.28. The first kappa shape index (κ1) is 12.9. The Labute approximate surface area is 109 Å². The standard InChI is InChI=1S/C12H13ClN2O3/c1-12(2,17-3)11-14-10(18-15-11)7-4-5-9(16)8(13)6-7/h4-6,16H,1-3H3. The SMILES string of the molecule is COC(C)(C)c1noc(-c2ccc(O)c(Cl)c2)n1. The molecule has 1 aromatic carbocycles. The lowest BCUT2D eigenvalue weighted by Crippen LogP contribution is -2.21. The van der Waals surface area contributed by atoms with Crippen molar-refractivity contribution < 1.29 is 14.4 Å². The summed E-state index contributed by atoms with van der Waals surface area (Å²) in [6.07, 6.45) is 0. The number of benzene rings is 1. The molecular weight excluding hydrogens is 256 g/mol. The van der Waals surface area contributed by atoms with Crippen molar-refractivity contribution in [2.75, 3.05) is 7.11 Å². The molecule has 0 aliphatic carbocycles. The number of phenolic OH excluding ortho intramolecular Hbond substituents is 1. The van der Waals surface area contributed by atoms with Gasteiger partial charge in [-0.15, -0.1) is 0 Å². The fourth-order valence-corrected chi connectivity index (χ4v) is 1.50. The van der Waals surface area contributed by atoms with Gasteiger partial charge in [0, 0.05) is 12.7 Å². The largest absolute Gasteiger partial charge is 0.506 e. The first-order chi connectivity index (χ1) is 8.44. The van der Waals surface area contributed by atoms with Gasteiger partial charge in [-0.3, -0.25) is 0 Å². The van der Waals surface area contributed by atoms with Crippen LogP contribution in [0.25, 0.3) is 11.5 Å². The second-order valence-corrected chi connectivity index (χ2v) is 4.71. The lowest BCUT2D eigenvalue weighted by molar-refractivity contribution is 0.00973. The molecule has 1 N–H and O–H groups in total. The molecule has 0 saturated heterocycles. The Hall–Kier alpha value is -1.59. The summed E-state index contributed by atoms with van der Waals surface area (Å²) < 4.78 is 10.4. The van der Waals surface area contributed by atoms with Gasteiger partial charge in [0.15, 0.2) is 0 Å². The zero-order valence-corrected chi connectivity index (χ0v) is 11.0. The summed E-state index contributed by atoms with van der Waals surface area (Å²) in [6, 6.07) is 4.69. The molecule has 0 aliphatic rings. The fourth-order valence-electron chi connectivity index (χ4n) is 1.32. The first-order valence-corrected chi connectivity index (χ1v) is 5.70. The quantitative estimate of drug-likeness (QED) is 0.927. The molecule has 6 heteroatoms. The van der Waals surface area contributed by atoms with Crippen LogP contribution in [-0.2, 0) is 10.3 Å². The Bertz CT molecular complexity index is 566. The maximum atomic E-state index is 9.34. The molecule has 1 heterocycles. The van der Waals surface area contributed by atoms with E-state index in [1.807, 2.05) is 13.8 Å². The van der Waals surface area contributed by atoms with E-state index in [-0.39, 0.29) is 10.8 Å². The number of rotatable bonds is 3. The first-order valence-electron chi connectivity index (χ1n) is 5.32. The molecule has 1 aromatic heterocycles. The average Bonchev–Trinajstić information content (AvgIpc) is 2.83. The molecule has 2 aromatic rings. The van der Waals surface area contributed by atoms with Gasteiger partial charge in [-0.2, -0.15) is 4.98 Å². The maximum Gasteiger partial charge on any atom is 0.258 e. The minimum atomic E-state index is -0.623. The smallest absolute Gasteiger partial charge is 0.258 e. The van der Waals surface area contributed by atoms with Gasteiger partial charge in [0.2, 0.25) is 5.82 Å². The van der Waals surface area contributed by atoms with Crippen LogP contribution in [0.5, 0.6) is 5.75 Å². The Morgan fingerprint density at radius 2 is 2.11 bits per heavy atom. The van der Waals surface area contributed by atoms with Crippen molar-refractivity contribution in [3.8, 4) is 17.2 Å². The summed E-state index contributed by atoms with van der Waals surface area (Å²) in [7, 11) is 1.58. The zero-order chi connectivity index (χ0) is 13.3. The molecule has 0 radical (unpaired) electrons. The number of aromatic hydroxyl groups is 1. The highest BCUT2D eigenvalue weighted by atomic mass is 35.5. The van der Waals surface area contributed by atoms with Crippen LogP contribution in [0.1, 0.15) is 19.7 Å². The molecule has 0 bridgehead atoms. The normalized spacial score (nSPS) is 11.8. The summed E-state index contributed by atoms with van der Waals surface area (Å²) in [6.45, 7) is 3.68. The molecule has 0 spiro atoms. The monoisotopic (exact) mass is 268 g/mol. The molecule has 0 saturated carbocycles. The van der Waals surface area contributed by atoms with Crippen molar-refractivity contribution in [1.29, 1.82) is 0 Å². The fraction of sp³-hybridized carbons (Fsp3) is 0.333. The van der Waals surface area contributed by atoms with Crippen molar-refractivity contribution >= 4 is 11.6 Å². The van der Waals surface area contributed by atoms with Crippen LogP contribution in [0, 0.1) is 0 Å². The number of hydrogen-bond acceptors (Lipinski definition) is 5. The van der Waals surface area contributed by atoms with Gasteiger partial charge in [0.1, 0.15) is 11.4 Å². The van der Waals surface area contributed by atoms with Crippen molar-refractivity contribution in [2.24, 2.45) is 0 Å². The van der Waals surface area contributed by atoms with Crippen molar-refractivity contribution in [3.05, 3.63) is 29.0 Å². The maximum absolute atomic E-state index is 9.34. The summed E-state index contributed by atoms with van der Waals surface area (Å²) >= 11 is 5.82. The van der Waals surface area contributed by atoms with Gasteiger partial charge in [0.05, 0.1) is 5.02 Å². The van der Waals surface area contributed by atoms with E-state index >= 15 is 0 Å². The number of hydrogen-bond donors (Lipinski definition) is 1. The molecule has 18 heavy (non-hydrogen) atoms. The van der Waals surface area contributed by atoms with Crippen LogP contribution in [0.15, 0.2) is 22.7 Å². The predicted molar refractivity (Wildman–Crippen MR) is 66.4 cm³/mol. The van der Waals surface area contributed by atoms with E-state index < -0.39 is 5.60 Å². The number of phenols is 1. The average molecular weight is 269 g/mol. The third kappa shape index (κ3) is 2.32. The molecule has 0 amide bonds. The van der Waals surface area contributed by atoms with E-state index in [4.69, 9.17) is 20.9 Å². The zero-order valence-electron chi connectivity index (χ0n) is 10.3. The molecule has 0 atom stereocenters. The van der Waals surface area contributed by atoms with E-state index in [2.05, 4.69) is 10.1 Å².